The molecule has 0 aromatic heterocycles. The first-order valence-electron chi connectivity index (χ1n) is 7.76. The van der Waals surface area contributed by atoms with Crippen LogP contribution in [0.1, 0.15) is 29.6 Å². The first-order chi connectivity index (χ1) is 11.2. The monoisotopic (exact) mass is 366 g/mol. The Balaban J connectivity index is 1.73. The highest BCUT2D eigenvalue weighted by molar-refractivity contribution is 6.31. The van der Waals surface area contributed by atoms with Crippen molar-refractivity contribution in [1.29, 1.82) is 0 Å². The molecule has 1 aromatic carbocycles. The molecule has 0 bridgehead atoms. The van der Waals surface area contributed by atoms with Crippen molar-refractivity contribution >= 4 is 17.5 Å². The standard InChI is InChI=1S/C16H19ClF4N2O/c17-13-7-12(8-14(18)9-13)15(24)22-10-11-1-4-23(5-2-11)6-3-16(19,20)21/h7-9,11H,1-6,10H2,(H,22,24). The molecule has 2 rings (SSSR count). The second-order valence-corrected chi connectivity index (χ2v) is 6.45. The number of likely N-dealkylation sites (tertiary alicyclic amines) is 1. The number of carbonyl (C=O) groups is 1. The summed E-state index contributed by atoms with van der Waals surface area (Å²) in [6, 6.07) is 3.62. The van der Waals surface area contributed by atoms with E-state index in [-0.39, 0.29) is 23.0 Å². The van der Waals surface area contributed by atoms with E-state index < -0.39 is 24.3 Å². The summed E-state index contributed by atoms with van der Waals surface area (Å²) in [6.07, 6.45) is -3.48. The highest BCUT2D eigenvalue weighted by Gasteiger charge is 2.29. The molecular weight excluding hydrogens is 348 g/mol. The largest absolute Gasteiger partial charge is 0.390 e. The predicted molar refractivity (Wildman–Crippen MR) is 83.6 cm³/mol. The molecule has 0 unspecified atom stereocenters. The number of piperidine rings is 1. The van der Waals surface area contributed by atoms with Gasteiger partial charge in [-0.2, -0.15) is 13.2 Å². The van der Waals surface area contributed by atoms with Crippen molar-refractivity contribution in [2.24, 2.45) is 5.92 Å². The number of amides is 1. The van der Waals surface area contributed by atoms with Gasteiger partial charge in [-0.25, -0.2) is 4.39 Å². The van der Waals surface area contributed by atoms with Crippen molar-refractivity contribution < 1.29 is 22.4 Å². The van der Waals surface area contributed by atoms with Gasteiger partial charge in [-0.1, -0.05) is 11.6 Å². The smallest absolute Gasteiger partial charge is 0.352 e. The minimum Gasteiger partial charge on any atom is -0.352 e. The van der Waals surface area contributed by atoms with E-state index in [1.54, 1.807) is 4.90 Å². The lowest BCUT2D eigenvalue weighted by molar-refractivity contribution is -0.138. The molecule has 0 aliphatic carbocycles. The summed E-state index contributed by atoms with van der Waals surface area (Å²) < 4.78 is 49.8. The third-order valence-electron chi connectivity index (χ3n) is 4.09. The summed E-state index contributed by atoms with van der Waals surface area (Å²) in [7, 11) is 0. The van der Waals surface area contributed by atoms with Crippen LogP contribution < -0.4 is 5.32 Å². The Morgan fingerprint density at radius 3 is 2.50 bits per heavy atom. The van der Waals surface area contributed by atoms with E-state index in [0.717, 1.165) is 25.0 Å². The summed E-state index contributed by atoms with van der Waals surface area (Å²) in [5, 5.41) is 2.88. The van der Waals surface area contributed by atoms with E-state index in [0.29, 0.717) is 19.6 Å². The van der Waals surface area contributed by atoms with Crippen LogP contribution in [0.2, 0.25) is 5.02 Å². The summed E-state index contributed by atoms with van der Waals surface area (Å²) in [4.78, 5) is 13.8. The van der Waals surface area contributed by atoms with Gasteiger partial charge in [-0.05, 0) is 50.0 Å². The lowest BCUT2D eigenvalue weighted by atomic mass is 9.96. The number of nitrogens with zero attached hydrogens (tertiary/aromatic N) is 1. The van der Waals surface area contributed by atoms with Crippen LogP contribution in [-0.4, -0.2) is 43.2 Å². The molecule has 8 heteroatoms. The molecule has 1 aliphatic rings. The van der Waals surface area contributed by atoms with E-state index in [2.05, 4.69) is 5.32 Å². The van der Waals surface area contributed by atoms with Crippen LogP contribution in [0, 0.1) is 11.7 Å². The van der Waals surface area contributed by atoms with Crippen LogP contribution in [0.5, 0.6) is 0 Å². The quantitative estimate of drug-likeness (QED) is 0.802. The van der Waals surface area contributed by atoms with Crippen LogP contribution in [-0.2, 0) is 0 Å². The normalized spacial score (nSPS) is 17.0. The van der Waals surface area contributed by atoms with Crippen molar-refractivity contribution in [2.75, 3.05) is 26.2 Å². The minimum atomic E-state index is -4.13. The molecule has 1 aromatic rings. The van der Waals surface area contributed by atoms with Gasteiger partial charge in [-0.15, -0.1) is 0 Å². The summed E-state index contributed by atoms with van der Waals surface area (Å²) >= 11 is 5.72. The Morgan fingerprint density at radius 2 is 1.92 bits per heavy atom. The van der Waals surface area contributed by atoms with E-state index in [1.807, 2.05) is 0 Å². The third kappa shape index (κ3) is 6.28. The number of nitrogens with one attached hydrogen (secondary N) is 1. The number of alkyl halides is 3. The van der Waals surface area contributed by atoms with Crippen LogP contribution in [0.3, 0.4) is 0 Å². The molecular formula is C16H19ClF4N2O. The molecule has 1 heterocycles. The highest BCUT2D eigenvalue weighted by atomic mass is 35.5. The van der Waals surface area contributed by atoms with Crippen LogP contribution >= 0.6 is 11.6 Å². The molecule has 1 saturated heterocycles. The zero-order valence-electron chi connectivity index (χ0n) is 13.0. The lowest BCUT2D eigenvalue weighted by Crippen LogP contribution is -2.39. The maximum absolute atomic E-state index is 13.2. The van der Waals surface area contributed by atoms with Crippen LogP contribution in [0.25, 0.3) is 0 Å². The molecule has 0 saturated carbocycles. The van der Waals surface area contributed by atoms with Crippen LogP contribution in [0.15, 0.2) is 18.2 Å². The second kappa shape index (κ2) is 8.16. The lowest BCUT2D eigenvalue weighted by Gasteiger charge is -2.32. The molecule has 1 N–H and O–H groups in total. The maximum atomic E-state index is 13.2. The van der Waals surface area contributed by atoms with Gasteiger partial charge in [0.25, 0.3) is 5.91 Å². The van der Waals surface area contributed by atoms with Crippen molar-refractivity contribution in [2.45, 2.75) is 25.4 Å². The Hall–Kier alpha value is -1.34. The number of benzene rings is 1. The van der Waals surface area contributed by atoms with Crippen molar-refractivity contribution in [3.05, 3.63) is 34.6 Å². The number of rotatable bonds is 5. The minimum absolute atomic E-state index is 0.0182. The Kier molecular flexibility index (Phi) is 6.46. The van der Waals surface area contributed by atoms with Crippen molar-refractivity contribution in [1.82, 2.24) is 10.2 Å². The predicted octanol–water partition coefficient (Wildman–Crippen LogP) is 3.87. The first kappa shape index (κ1) is 19.0. The van der Waals surface area contributed by atoms with E-state index in [1.165, 1.54) is 6.07 Å². The van der Waals surface area contributed by atoms with Gasteiger partial charge in [0.05, 0.1) is 6.42 Å². The fourth-order valence-corrected chi connectivity index (χ4v) is 2.94. The van der Waals surface area contributed by atoms with Gasteiger partial charge < -0.3 is 10.2 Å². The Labute approximate surface area is 143 Å². The number of hydrogen-bond acceptors (Lipinski definition) is 2. The molecule has 3 nitrogen and oxygen atoms in total. The third-order valence-corrected chi connectivity index (χ3v) is 4.31. The van der Waals surface area contributed by atoms with Gasteiger partial charge in [-0.3, -0.25) is 4.79 Å². The van der Waals surface area contributed by atoms with E-state index in [9.17, 15) is 22.4 Å². The van der Waals surface area contributed by atoms with Crippen molar-refractivity contribution in [3.63, 3.8) is 0 Å². The Bertz CT molecular complexity index is 551. The van der Waals surface area contributed by atoms with Gasteiger partial charge in [0.1, 0.15) is 5.82 Å². The molecule has 0 atom stereocenters. The van der Waals surface area contributed by atoms with Gasteiger partial charge in [0.2, 0.25) is 0 Å². The number of hydrogen-bond donors (Lipinski definition) is 1. The molecule has 0 spiro atoms. The zero-order valence-corrected chi connectivity index (χ0v) is 13.8. The molecule has 134 valence electrons. The van der Waals surface area contributed by atoms with Crippen molar-refractivity contribution in [3.8, 4) is 0 Å². The second-order valence-electron chi connectivity index (χ2n) is 6.02. The summed E-state index contributed by atoms with van der Waals surface area (Å²) in [5.74, 6) is -0.776. The molecule has 1 fully saturated rings. The topological polar surface area (TPSA) is 32.3 Å². The average Bonchev–Trinajstić information content (AvgIpc) is 2.50. The van der Waals surface area contributed by atoms with Gasteiger partial charge >= 0.3 is 6.18 Å². The number of carbonyl (C=O) groups excluding carboxylic acids is 1. The van der Waals surface area contributed by atoms with Crippen LogP contribution in [0.4, 0.5) is 17.6 Å². The molecule has 1 aliphatic heterocycles. The fraction of sp³-hybridized carbons (Fsp3) is 0.562. The SMILES string of the molecule is O=C(NCC1CCN(CCC(F)(F)F)CC1)c1cc(F)cc(Cl)c1. The maximum Gasteiger partial charge on any atom is 0.390 e. The first-order valence-corrected chi connectivity index (χ1v) is 8.14. The van der Waals surface area contributed by atoms with Gasteiger partial charge in [0.15, 0.2) is 0 Å². The molecule has 0 radical (unpaired) electrons. The zero-order chi connectivity index (χ0) is 17.7. The fourth-order valence-electron chi connectivity index (χ4n) is 2.72. The summed E-state index contributed by atoms with van der Waals surface area (Å²) in [5.41, 5.74) is 0.155. The molecule has 24 heavy (non-hydrogen) atoms. The number of halogens is 5. The average molecular weight is 367 g/mol. The summed E-state index contributed by atoms with van der Waals surface area (Å²) in [6.45, 7) is 1.61. The van der Waals surface area contributed by atoms with E-state index >= 15 is 0 Å². The van der Waals surface area contributed by atoms with E-state index in [4.69, 9.17) is 11.6 Å². The molecule has 1 amide bonds. The Morgan fingerprint density at radius 1 is 1.25 bits per heavy atom. The van der Waals surface area contributed by atoms with Gasteiger partial charge in [0, 0.05) is 23.7 Å². The highest BCUT2D eigenvalue weighted by Crippen LogP contribution is 2.22.